The molecule has 3 aromatic heterocycles. The van der Waals surface area contributed by atoms with E-state index in [4.69, 9.17) is 26.3 Å². The SMILES string of the molecule is O=c1[nH]c(O)c(C=c2cnn3c(=NCC4(CN5CCOCC5)CC4)cc(Nc4cccc(Cl)c4)nc23)[nH]1. The van der Waals surface area contributed by atoms with Gasteiger partial charge in [-0.2, -0.15) is 9.61 Å². The molecule has 12 heteroatoms. The van der Waals surface area contributed by atoms with Crippen molar-refractivity contribution < 1.29 is 9.84 Å². The van der Waals surface area contributed by atoms with Crippen LogP contribution >= 0.6 is 11.6 Å². The van der Waals surface area contributed by atoms with E-state index >= 15 is 0 Å². The Morgan fingerprint density at radius 1 is 1.24 bits per heavy atom. The van der Waals surface area contributed by atoms with Gasteiger partial charge in [0, 0.05) is 53.6 Å². The Hall–Kier alpha value is -3.67. The Bertz CT molecular complexity index is 1610. The molecular formula is C25H27ClN8O3. The lowest BCUT2D eigenvalue weighted by Crippen LogP contribution is -2.40. The lowest BCUT2D eigenvalue weighted by atomic mass is 10.1. The predicted octanol–water partition coefficient (Wildman–Crippen LogP) is 1.41. The normalized spacial score (nSPS) is 18.5. The Labute approximate surface area is 216 Å². The minimum Gasteiger partial charge on any atom is -0.493 e. The smallest absolute Gasteiger partial charge is 0.326 e. The molecule has 0 spiro atoms. The number of aromatic hydroxyl groups is 1. The first-order valence-electron chi connectivity index (χ1n) is 12.2. The number of halogens is 1. The van der Waals surface area contributed by atoms with Gasteiger partial charge in [-0.05, 0) is 37.1 Å². The topological polar surface area (TPSA) is 136 Å². The second kappa shape index (κ2) is 9.66. The maximum atomic E-state index is 11.6. The number of rotatable bonds is 7. The monoisotopic (exact) mass is 522 g/mol. The molecule has 0 bridgehead atoms. The van der Waals surface area contributed by atoms with E-state index in [1.807, 2.05) is 30.3 Å². The van der Waals surface area contributed by atoms with Gasteiger partial charge in [0.25, 0.3) is 0 Å². The molecule has 37 heavy (non-hydrogen) atoms. The molecule has 4 N–H and O–H groups in total. The summed E-state index contributed by atoms with van der Waals surface area (Å²) in [4.78, 5) is 28.7. The summed E-state index contributed by atoms with van der Waals surface area (Å²) in [7, 11) is 0. The number of morpholine rings is 1. The summed E-state index contributed by atoms with van der Waals surface area (Å²) in [6.45, 7) is 5.18. The zero-order chi connectivity index (χ0) is 25.4. The zero-order valence-electron chi connectivity index (χ0n) is 20.1. The van der Waals surface area contributed by atoms with E-state index in [0.717, 1.165) is 51.4 Å². The second-order valence-corrected chi connectivity index (χ2v) is 10.1. The second-order valence-electron chi connectivity index (χ2n) is 9.66. The minimum absolute atomic E-state index is 0.173. The van der Waals surface area contributed by atoms with Crippen molar-refractivity contribution in [3.8, 4) is 5.88 Å². The van der Waals surface area contributed by atoms with Crippen LogP contribution in [0.15, 0.2) is 46.3 Å². The predicted molar refractivity (Wildman–Crippen MR) is 139 cm³/mol. The van der Waals surface area contributed by atoms with Crippen molar-refractivity contribution in [1.29, 1.82) is 0 Å². The minimum atomic E-state index is -0.498. The highest BCUT2D eigenvalue weighted by Gasteiger charge is 2.43. The van der Waals surface area contributed by atoms with Gasteiger partial charge in [-0.3, -0.25) is 14.9 Å². The molecule has 1 aliphatic heterocycles. The van der Waals surface area contributed by atoms with Gasteiger partial charge in [0.05, 0.1) is 19.4 Å². The highest BCUT2D eigenvalue weighted by Crippen LogP contribution is 2.46. The van der Waals surface area contributed by atoms with Crippen LogP contribution in [0.5, 0.6) is 5.88 Å². The number of aromatic amines is 2. The average molecular weight is 523 g/mol. The van der Waals surface area contributed by atoms with E-state index in [0.29, 0.717) is 33.7 Å². The quantitative estimate of drug-likeness (QED) is 0.288. The van der Waals surface area contributed by atoms with E-state index in [-0.39, 0.29) is 17.0 Å². The average Bonchev–Trinajstić information content (AvgIpc) is 3.40. The Morgan fingerprint density at radius 2 is 2.08 bits per heavy atom. The van der Waals surface area contributed by atoms with Gasteiger partial charge in [-0.25, -0.2) is 9.78 Å². The van der Waals surface area contributed by atoms with Crippen molar-refractivity contribution in [2.45, 2.75) is 12.8 Å². The first-order chi connectivity index (χ1) is 18.0. The summed E-state index contributed by atoms with van der Waals surface area (Å²) < 4.78 is 7.18. The summed E-state index contributed by atoms with van der Waals surface area (Å²) in [5, 5.41) is 19.1. The van der Waals surface area contributed by atoms with Crippen LogP contribution in [0, 0.1) is 5.41 Å². The summed E-state index contributed by atoms with van der Waals surface area (Å²) in [6, 6.07) is 9.26. The third-order valence-electron chi connectivity index (χ3n) is 6.81. The van der Waals surface area contributed by atoms with Gasteiger partial charge in [-0.15, -0.1) is 0 Å². The van der Waals surface area contributed by atoms with Crippen LogP contribution in [0.4, 0.5) is 11.5 Å². The van der Waals surface area contributed by atoms with Crippen molar-refractivity contribution in [1.82, 2.24) is 29.5 Å². The molecule has 0 unspecified atom stereocenters. The van der Waals surface area contributed by atoms with Crippen molar-refractivity contribution in [2.75, 3.05) is 44.7 Å². The lowest BCUT2D eigenvalue weighted by molar-refractivity contribution is 0.0290. The fourth-order valence-electron chi connectivity index (χ4n) is 4.63. The number of nitrogens with one attached hydrogen (secondary N) is 3. The molecule has 4 aromatic rings. The number of nitrogens with zero attached hydrogens (tertiary/aromatic N) is 5. The molecular weight excluding hydrogens is 496 g/mol. The molecule has 2 fully saturated rings. The highest BCUT2D eigenvalue weighted by atomic mass is 35.5. The van der Waals surface area contributed by atoms with Crippen LogP contribution in [0.3, 0.4) is 0 Å². The number of H-pyrrole nitrogens is 2. The van der Waals surface area contributed by atoms with Gasteiger partial charge in [0.15, 0.2) is 11.1 Å². The van der Waals surface area contributed by atoms with E-state index in [1.54, 1.807) is 16.8 Å². The Morgan fingerprint density at radius 3 is 2.81 bits per heavy atom. The fraction of sp³-hybridized carbons (Fsp3) is 0.360. The van der Waals surface area contributed by atoms with Crippen molar-refractivity contribution in [2.24, 2.45) is 10.4 Å². The molecule has 1 saturated heterocycles. The van der Waals surface area contributed by atoms with E-state index < -0.39 is 5.69 Å². The number of anilines is 2. The number of hydrogen-bond donors (Lipinski definition) is 4. The molecule has 0 amide bonds. The van der Waals surface area contributed by atoms with E-state index in [9.17, 15) is 9.90 Å². The maximum Gasteiger partial charge on any atom is 0.326 e. The first kappa shape index (κ1) is 23.7. The van der Waals surface area contributed by atoms with Gasteiger partial charge in [0.1, 0.15) is 11.5 Å². The van der Waals surface area contributed by atoms with Crippen molar-refractivity contribution in [3.05, 3.63) is 68.4 Å². The van der Waals surface area contributed by atoms with Gasteiger partial charge >= 0.3 is 5.69 Å². The first-order valence-corrected chi connectivity index (χ1v) is 12.6. The number of aromatic nitrogens is 5. The van der Waals surface area contributed by atoms with Crippen LogP contribution in [0.25, 0.3) is 11.7 Å². The largest absolute Gasteiger partial charge is 0.493 e. The molecule has 1 aromatic carbocycles. The summed E-state index contributed by atoms with van der Waals surface area (Å²) in [5.74, 6) is 0.328. The third kappa shape index (κ3) is 5.24. The zero-order valence-corrected chi connectivity index (χ0v) is 20.8. The maximum absolute atomic E-state index is 11.6. The van der Waals surface area contributed by atoms with E-state index in [2.05, 4.69) is 25.3 Å². The third-order valence-corrected chi connectivity index (χ3v) is 7.04. The molecule has 6 rings (SSSR count). The number of imidazole rings is 1. The summed E-state index contributed by atoms with van der Waals surface area (Å²) >= 11 is 6.17. The van der Waals surface area contributed by atoms with Crippen LogP contribution < -0.4 is 21.7 Å². The Balaban J connectivity index is 1.40. The highest BCUT2D eigenvalue weighted by molar-refractivity contribution is 6.30. The molecule has 1 aliphatic carbocycles. The van der Waals surface area contributed by atoms with Crippen LogP contribution in [0.1, 0.15) is 18.5 Å². The molecule has 1 saturated carbocycles. The number of fused-ring (bicyclic) bond motifs is 1. The lowest BCUT2D eigenvalue weighted by Gasteiger charge is -2.29. The van der Waals surface area contributed by atoms with Crippen molar-refractivity contribution >= 4 is 34.8 Å². The number of benzene rings is 1. The molecule has 4 heterocycles. The van der Waals surface area contributed by atoms with E-state index in [1.165, 1.54) is 0 Å². The fourth-order valence-corrected chi connectivity index (χ4v) is 4.82. The Kier molecular flexibility index (Phi) is 6.19. The van der Waals surface area contributed by atoms with Crippen LogP contribution in [-0.4, -0.2) is 74.0 Å². The van der Waals surface area contributed by atoms with Gasteiger partial charge in [0.2, 0.25) is 5.88 Å². The molecule has 0 radical (unpaired) electrons. The van der Waals surface area contributed by atoms with Crippen molar-refractivity contribution in [3.63, 3.8) is 0 Å². The molecule has 2 aliphatic rings. The van der Waals surface area contributed by atoms with Crippen LogP contribution in [-0.2, 0) is 4.74 Å². The molecule has 0 atom stereocenters. The number of ether oxygens (including phenoxy) is 1. The van der Waals surface area contributed by atoms with Gasteiger partial charge in [-0.1, -0.05) is 17.7 Å². The summed E-state index contributed by atoms with van der Waals surface area (Å²) in [5.41, 5.74) is 1.91. The standard InChI is InChI=1S/C25H27ClN8O3/c26-17-2-1-3-18(11-17)29-20-12-21(27-14-25(4-5-25)15-33-6-8-37-9-7-33)34-22(31-20)16(13-28-34)10-19-23(35)32-24(36)30-19/h1-3,10-13,29,35H,4-9,14-15H2,(H2,30,32,36). The van der Waals surface area contributed by atoms with Crippen LogP contribution in [0.2, 0.25) is 5.02 Å². The molecule has 11 nitrogen and oxygen atoms in total. The summed E-state index contributed by atoms with van der Waals surface area (Å²) in [6.07, 6.45) is 5.55. The number of hydrogen-bond acceptors (Lipinski definition) is 8. The van der Waals surface area contributed by atoms with Gasteiger partial charge < -0.3 is 20.1 Å². The molecule has 192 valence electrons.